The summed E-state index contributed by atoms with van der Waals surface area (Å²) >= 11 is 0. The summed E-state index contributed by atoms with van der Waals surface area (Å²) in [5.41, 5.74) is 1.54. The van der Waals surface area contributed by atoms with Gasteiger partial charge >= 0.3 is 6.09 Å². The number of carbonyl (C=O) groups is 3. The minimum atomic E-state index is -0.731. The first-order valence-electron chi connectivity index (χ1n) is 8.76. The van der Waals surface area contributed by atoms with Gasteiger partial charge in [0.25, 0.3) is 0 Å². The Labute approximate surface area is 158 Å². The van der Waals surface area contributed by atoms with Gasteiger partial charge in [0, 0.05) is 16.8 Å². The molecule has 6 nitrogen and oxygen atoms in total. The number of ketones is 1. The number of amides is 2. The van der Waals surface area contributed by atoms with E-state index in [9.17, 15) is 14.4 Å². The molecule has 2 aromatic rings. The number of methoxy groups -OCH3 is 1. The molecule has 0 fully saturated rings. The van der Waals surface area contributed by atoms with Crippen molar-refractivity contribution in [1.82, 2.24) is 5.32 Å². The second kappa shape index (κ2) is 9.52. The maximum Gasteiger partial charge on any atom is 0.407 e. The number of nitrogens with one attached hydrogen (secondary N) is 2. The first kappa shape index (κ1) is 20.2. The van der Waals surface area contributed by atoms with Crippen LogP contribution in [0.2, 0.25) is 0 Å². The van der Waals surface area contributed by atoms with E-state index < -0.39 is 12.1 Å². The van der Waals surface area contributed by atoms with Crippen LogP contribution in [0.3, 0.4) is 0 Å². The smallest absolute Gasteiger partial charge is 0.407 e. The van der Waals surface area contributed by atoms with Crippen LogP contribution in [0, 0.1) is 5.92 Å². The Bertz CT molecular complexity index is 803. The quantitative estimate of drug-likeness (QED) is 0.731. The molecular weight excluding hydrogens is 344 g/mol. The van der Waals surface area contributed by atoms with Crippen molar-refractivity contribution in [2.75, 3.05) is 12.4 Å². The summed E-state index contributed by atoms with van der Waals surface area (Å²) in [6.45, 7) is 3.91. The van der Waals surface area contributed by atoms with Gasteiger partial charge in [-0.25, -0.2) is 4.79 Å². The van der Waals surface area contributed by atoms with E-state index in [0.29, 0.717) is 23.2 Å². The SMILES string of the molecule is COC(=O)NC(CC(C)C)C(=O)Nc1cccc(C(=O)c2ccccc2)c1. The summed E-state index contributed by atoms with van der Waals surface area (Å²) in [5, 5.41) is 5.30. The molecule has 1 atom stereocenters. The van der Waals surface area contributed by atoms with Gasteiger partial charge in [-0.05, 0) is 24.5 Å². The van der Waals surface area contributed by atoms with Crippen LogP contribution in [0.15, 0.2) is 54.6 Å². The van der Waals surface area contributed by atoms with Crippen molar-refractivity contribution >= 4 is 23.5 Å². The third-order valence-electron chi connectivity index (χ3n) is 3.93. The Balaban J connectivity index is 2.14. The fourth-order valence-corrected chi connectivity index (χ4v) is 2.63. The number of ether oxygens (including phenoxy) is 1. The van der Waals surface area contributed by atoms with Crippen LogP contribution in [-0.2, 0) is 9.53 Å². The highest BCUT2D eigenvalue weighted by atomic mass is 16.5. The Morgan fingerprint density at radius 2 is 1.63 bits per heavy atom. The molecule has 0 aliphatic carbocycles. The first-order valence-corrected chi connectivity index (χ1v) is 8.76. The van der Waals surface area contributed by atoms with Gasteiger partial charge in [0.1, 0.15) is 6.04 Å². The summed E-state index contributed by atoms with van der Waals surface area (Å²) in [5.74, 6) is -0.291. The van der Waals surface area contributed by atoms with E-state index in [4.69, 9.17) is 0 Å². The van der Waals surface area contributed by atoms with Crippen LogP contribution in [0.1, 0.15) is 36.2 Å². The summed E-state index contributed by atoms with van der Waals surface area (Å²) in [4.78, 5) is 36.6. The number of hydrogen-bond acceptors (Lipinski definition) is 4. The minimum absolute atomic E-state index is 0.127. The van der Waals surface area contributed by atoms with Crippen LogP contribution < -0.4 is 10.6 Å². The topological polar surface area (TPSA) is 84.5 Å². The van der Waals surface area contributed by atoms with Crippen molar-refractivity contribution in [2.45, 2.75) is 26.3 Å². The molecule has 0 saturated carbocycles. The molecule has 0 saturated heterocycles. The van der Waals surface area contributed by atoms with E-state index in [0.717, 1.165) is 0 Å². The molecule has 1 unspecified atom stereocenters. The zero-order chi connectivity index (χ0) is 19.8. The van der Waals surface area contributed by atoms with Crippen molar-refractivity contribution in [3.63, 3.8) is 0 Å². The van der Waals surface area contributed by atoms with Crippen LogP contribution in [-0.4, -0.2) is 30.9 Å². The van der Waals surface area contributed by atoms with Crippen molar-refractivity contribution < 1.29 is 19.1 Å². The van der Waals surface area contributed by atoms with E-state index in [1.54, 1.807) is 48.5 Å². The maximum absolute atomic E-state index is 12.6. The summed E-state index contributed by atoms with van der Waals surface area (Å²) in [6.07, 6.45) is -0.201. The Hall–Kier alpha value is -3.15. The highest BCUT2D eigenvalue weighted by Gasteiger charge is 2.22. The molecule has 0 bridgehead atoms. The molecule has 0 spiro atoms. The number of hydrogen-bond donors (Lipinski definition) is 2. The molecule has 0 aliphatic heterocycles. The lowest BCUT2D eigenvalue weighted by molar-refractivity contribution is -0.118. The largest absolute Gasteiger partial charge is 0.453 e. The normalized spacial score (nSPS) is 11.6. The van der Waals surface area contributed by atoms with Crippen LogP contribution in [0.4, 0.5) is 10.5 Å². The molecule has 2 N–H and O–H groups in total. The molecule has 6 heteroatoms. The van der Waals surface area contributed by atoms with E-state index in [2.05, 4.69) is 15.4 Å². The summed E-state index contributed by atoms with van der Waals surface area (Å²) in [6, 6.07) is 14.9. The van der Waals surface area contributed by atoms with Gasteiger partial charge in [0.2, 0.25) is 5.91 Å². The monoisotopic (exact) mass is 368 g/mol. The molecule has 0 radical (unpaired) electrons. The molecular formula is C21H24N2O4. The van der Waals surface area contributed by atoms with Gasteiger partial charge in [0.05, 0.1) is 7.11 Å². The lowest BCUT2D eigenvalue weighted by Crippen LogP contribution is -2.44. The summed E-state index contributed by atoms with van der Waals surface area (Å²) in [7, 11) is 1.25. The fraction of sp³-hybridized carbons (Fsp3) is 0.286. The zero-order valence-corrected chi connectivity index (χ0v) is 15.7. The number of rotatable bonds is 7. The van der Waals surface area contributed by atoms with Crippen LogP contribution >= 0.6 is 0 Å². The minimum Gasteiger partial charge on any atom is -0.453 e. The molecule has 2 rings (SSSR count). The molecule has 27 heavy (non-hydrogen) atoms. The van der Waals surface area contributed by atoms with Gasteiger partial charge in [-0.15, -0.1) is 0 Å². The predicted molar refractivity (Wildman–Crippen MR) is 104 cm³/mol. The predicted octanol–water partition coefficient (Wildman–Crippen LogP) is 3.63. The Morgan fingerprint density at radius 3 is 2.26 bits per heavy atom. The molecule has 142 valence electrons. The lowest BCUT2D eigenvalue weighted by Gasteiger charge is -2.19. The van der Waals surface area contributed by atoms with Crippen molar-refractivity contribution in [3.05, 3.63) is 65.7 Å². The van der Waals surface area contributed by atoms with Crippen LogP contribution in [0.25, 0.3) is 0 Å². The molecule has 0 heterocycles. The Morgan fingerprint density at radius 1 is 0.963 bits per heavy atom. The average Bonchev–Trinajstić information content (AvgIpc) is 2.67. The number of carbonyl (C=O) groups excluding carboxylic acids is 3. The van der Waals surface area contributed by atoms with E-state index >= 15 is 0 Å². The fourth-order valence-electron chi connectivity index (χ4n) is 2.63. The summed E-state index contributed by atoms with van der Waals surface area (Å²) < 4.78 is 4.59. The van der Waals surface area contributed by atoms with Gasteiger partial charge in [0.15, 0.2) is 5.78 Å². The standard InChI is InChI=1S/C21H24N2O4/c1-14(2)12-18(23-21(26)27-3)20(25)22-17-11-7-10-16(13-17)19(24)15-8-5-4-6-9-15/h4-11,13-14,18H,12H2,1-3H3,(H,22,25)(H,23,26). The lowest BCUT2D eigenvalue weighted by atomic mass is 10.0. The van der Waals surface area contributed by atoms with Crippen molar-refractivity contribution in [2.24, 2.45) is 5.92 Å². The van der Waals surface area contributed by atoms with Gasteiger partial charge in [-0.3, -0.25) is 9.59 Å². The Kier molecular flexibility index (Phi) is 7.11. The highest BCUT2D eigenvalue weighted by molar-refractivity contribution is 6.09. The number of alkyl carbamates (subject to hydrolysis) is 1. The van der Waals surface area contributed by atoms with E-state index in [1.807, 2.05) is 19.9 Å². The second-order valence-electron chi connectivity index (χ2n) is 6.58. The van der Waals surface area contributed by atoms with Gasteiger partial charge < -0.3 is 15.4 Å². The average molecular weight is 368 g/mol. The van der Waals surface area contributed by atoms with Crippen LogP contribution in [0.5, 0.6) is 0 Å². The number of anilines is 1. The van der Waals surface area contributed by atoms with Gasteiger partial charge in [-0.1, -0.05) is 56.3 Å². The zero-order valence-electron chi connectivity index (χ0n) is 15.7. The van der Waals surface area contributed by atoms with Gasteiger partial charge in [-0.2, -0.15) is 0 Å². The van der Waals surface area contributed by atoms with E-state index in [1.165, 1.54) is 7.11 Å². The molecule has 0 aliphatic rings. The maximum atomic E-state index is 12.6. The van der Waals surface area contributed by atoms with Crippen molar-refractivity contribution in [3.8, 4) is 0 Å². The molecule has 2 aromatic carbocycles. The van der Waals surface area contributed by atoms with Crippen molar-refractivity contribution in [1.29, 1.82) is 0 Å². The third kappa shape index (κ3) is 5.95. The molecule has 2 amide bonds. The molecule has 0 aromatic heterocycles. The highest BCUT2D eigenvalue weighted by Crippen LogP contribution is 2.16. The third-order valence-corrected chi connectivity index (χ3v) is 3.93. The number of benzene rings is 2. The second-order valence-corrected chi connectivity index (χ2v) is 6.58. The van der Waals surface area contributed by atoms with E-state index in [-0.39, 0.29) is 17.6 Å². The first-order chi connectivity index (χ1) is 12.9.